The van der Waals surface area contributed by atoms with Gasteiger partial charge >= 0.3 is 0 Å². The molecule has 0 bridgehead atoms. The van der Waals surface area contributed by atoms with E-state index < -0.39 is 0 Å². The zero-order valence-electron chi connectivity index (χ0n) is 12.4. The van der Waals surface area contributed by atoms with E-state index in [9.17, 15) is 0 Å². The highest BCUT2D eigenvalue weighted by molar-refractivity contribution is 6.35. The smallest absolute Gasteiger partial charge is 0.0289 e. The lowest BCUT2D eigenvalue weighted by Crippen LogP contribution is -2.04. The molecule has 0 aromatic heterocycles. The molecule has 0 aliphatic heterocycles. The second-order valence-corrected chi connectivity index (χ2v) is 7.17. The van der Waals surface area contributed by atoms with E-state index in [1.165, 1.54) is 37.8 Å². The average molecular weight is 249 g/mol. The molecule has 1 heteroatoms. The summed E-state index contributed by atoms with van der Waals surface area (Å²) in [5, 5.41) is 0. The van der Waals surface area contributed by atoms with Gasteiger partial charge < -0.3 is 0 Å². The van der Waals surface area contributed by atoms with Crippen molar-refractivity contribution in [3.63, 3.8) is 0 Å². The molecule has 0 unspecified atom stereocenters. The van der Waals surface area contributed by atoms with Crippen LogP contribution in [0.1, 0.15) is 60.3 Å². The standard InChI is InChI=1S/C16H29Si/c1-6-7-8-9-10-17-11-16-14(4)12(2)13(3)15(16)5/h16-17H,6-11H2,1-5H3. The largest absolute Gasteiger partial charge is 0.0654 e. The molecule has 0 atom stereocenters. The summed E-state index contributed by atoms with van der Waals surface area (Å²) in [7, 11) is 0.669. The summed E-state index contributed by atoms with van der Waals surface area (Å²) in [6.45, 7) is 11.6. The third-order valence-electron chi connectivity index (χ3n) is 4.46. The van der Waals surface area contributed by atoms with E-state index in [2.05, 4.69) is 34.6 Å². The third kappa shape index (κ3) is 3.84. The first-order chi connectivity index (χ1) is 8.09. The Morgan fingerprint density at radius 1 is 0.882 bits per heavy atom. The number of hydrogen-bond donors (Lipinski definition) is 0. The Bertz CT molecular complexity index is 285. The van der Waals surface area contributed by atoms with Crippen LogP contribution in [-0.4, -0.2) is 9.52 Å². The fourth-order valence-corrected chi connectivity index (χ4v) is 4.65. The second-order valence-electron chi connectivity index (χ2n) is 5.54. The zero-order valence-corrected chi connectivity index (χ0v) is 13.6. The van der Waals surface area contributed by atoms with Crippen molar-refractivity contribution in [2.45, 2.75) is 72.4 Å². The highest BCUT2D eigenvalue weighted by atomic mass is 28.2. The van der Waals surface area contributed by atoms with Crippen LogP contribution in [-0.2, 0) is 0 Å². The van der Waals surface area contributed by atoms with Gasteiger partial charge in [0.25, 0.3) is 0 Å². The van der Waals surface area contributed by atoms with Crippen LogP contribution in [0.15, 0.2) is 22.3 Å². The Balaban J connectivity index is 2.29. The maximum absolute atomic E-state index is 2.34. The molecular weight excluding hydrogens is 220 g/mol. The first kappa shape index (κ1) is 14.8. The van der Waals surface area contributed by atoms with E-state index in [4.69, 9.17) is 0 Å². The van der Waals surface area contributed by atoms with Gasteiger partial charge in [0.05, 0.1) is 0 Å². The first-order valence-electron chi connectivity index (χ1n) is 7.26. The fraction of sp³-hybridized carbons (Fsp3) is 0.750. The van der Waals surface area contributed by atoms with Gasteiger partial charge in [-0.2, -0.15) is 0 Å². The molecule has 0 aromatic rings. The van der Waals surface area contributed by atoms with Gasteiger partial charge in [0.2, 0.25) is 0 Å². The Labute approximate surface area is 110 Å². The maximum Gasteiger partial charge on any atom is 0.0289 e. The molecule has 1 aliphatic rings. The monoisotopic (exact) mass is 249 g/mol. The van der Waals surface area contributed by atoms with Crippen LogP contribution < -0.4 is 0 Å². The van der Waals surface area contributed by atoms with Crippen molar-refractivity contribution < 1.29 is 0 Å². The van der Waals surface area contributed by atoms with Crippen molar-refractivity contribution >= 4 is 9.52 Å². The summed E-state index contributed by atoms with van der Waals surface area (Å²) in [5.41, 5.74) is 6.44. The van der Waals surface area contributed by atoms with Crippen LogP contribution >= 0.6 is 0 Å². The lowest BCUT2D eigenvalue weighted by molar-refractivity contribution is 0.697. The summed E-state index contributed by atoms with van der Waals surface area (Å²) in [6.07, 6.45) is 5.72. The van der Waals surface area contributed by atoms with Gasteiger partial charge in [0.1, 0.15) is 0 Å². The van der Waals surface area contributed by atoms with Crippen LogP contribution in [0.3, 0.4) is 0 Å². The second kappa shape index (κ2) is 7.20. The van der Waals surface area contributed by atoms with Gasteiger partial charge in [-0.1, -0.05) is 55.8 Å². The lowest BCUT2D eigenvalue weighted by Gasteiger charge is -2.14. The van der Waals surface area contributed by atoms with E-state index in [0.717, 1.165) is 5.92 Å². The Morgan fingerprint density at radius 2 is 1.47 bits per heavy atom. The number of unbranched alkanes of at least 4 members (excludes halogenated alkanes) is 3. The summed E-state index contributed by atoms with van der Waals surface area (Å²) in [4.78, 5) is 0. The molecule has 0 amide bonds. The maximum atomic E-state index is 2.34. The van der Waals surface area contributed by atoms with Gasteiger partial charge in [-0.25, -0.2) is 0 Å². The molecular formula is C16H29Si. The van der Waals surface area contributed by atoms with Gasteiger partial charge in [0.15, 0.2) is 0 Å². The van der Waals surface area contributed by atoms with Crippen molar-refractivity contribution in [2.24, 2.45) is 5.92 Å². The third-order valence-corrected chi connectivity index (χ3v) is 6.08. The molecule has 17 heavy (non-hydrogen) atoms. The molecule has 97 valence electrons. The number of rotatable bonds is 7. The zero-order chi connectivity index (χ0) is 12.8. The molecule has 0 spiro atoms. The molecule has 0 aromatic carbocycles. The van der Waals surface area contributed by atoms with E-state index in [1.807, 2.05) is 0 Å². The van der Waals surface area contributed by atoms with Gasteiger partial charge in [-0.05, 0) is 44.8 Å². The minimum atomic E-state index is 0.669. The van der Waals surface area contributed by atoms with E-state index in [1.54, 1.807) is 22.3 Å². The molecule has 1 radical (unpaired) electrons. The molecule has 0 heterocycles. The summed E-state index contributed by atoms with van der Waals surface area (Å²) in [5.74, 6) is 0.802. The minimum Gasteiger partial charge on any atom is -0.0654 e. The Morgan fingerprint density at radius 3 is 2.00 bits per heavy atom. The molecule has 0 nitrogen and oxygen atoms in total. The Hall–Kier alpha value is -0.303. The van der Waals surface area contributed by atoms with Crippen LogP contribution in [0.4, 0.5) is 0 Å². The SMILES string of the molecule is CCCCCC[SiH]CC1C(C)=C(C)C(C)=C1C. The van der Waals surface area contributed by atoms with Gasteiger partial charge in [-0.3, -0.25) is 0 Å². The fourth-order valence-electron chi connectivity index (χ4n) is 2.79. The van der Waals surface area contributed by atoms with Crippen LogP contribution in [0, 0.1) is 5.92 Å². The number of hydrogen-bond acceptors (Lipinski definition) is 0. The summed E-state index contributed by atoms with van der Waals surface area (Å²) >= 11 is 0. The predicted octanol–water partition coefficient (Wildman–Crippen LogP) is 5.14. The summed E-state index contributed by atoms with van der Waals surface area (Å²) in [6, 6.07) is 2.97. The quantitative estimate of drug-likeness (QED) is 0.433. The van der Waals surface area contributed by atoms with Crippen molar-refractivity contribution in [3.8, 4) is 0 Å². The molecule has 1 rings (SSSR count). The van der Waals surface area contributed by atoms with Crippen LogP contribution in [0.5, 0.6) is 0 Å². The molecule has 0 saturated heterocycles. The molecule has 0 saturated carbocycles. The van der Waals surface area contributed by atoms with Gasteiger partial charge in [0, 0.05) is 9.52 Å². The highest BCUT2D eigenvalue weighted by Crippen LogP contribution is 2.38. The molecule has 0 N–H and O–H groups in total. The van der Waals surface area contributed by atoms with Crippen molar-refractivity contribution in [1.82, 2.24) is 0 Å². The first-order valence-corrected chi connectivity index (χ1v) is 8.89. The van der Waals surface area contributed by atoms with Gasteiger partial charge in [-0.15, -0.1) is 0 Å². The minimum absolute atomic E-state index is 0.669. The Kier molecular flexibility index (Phi) is 6.25. The van der Waals surface area contributed by atoms with Crippen LogP contribution in [0.2, 0.25) is 12.1 Å². The van der Waals surface area contributed by atoms with Crippen molar-refractivity contribution in [1.29, 1.82) is 0 Å². The predicted molar refractivity (Wildman–Crippen MR) is 81.1 cm³/mol. The highest BCUT2D eigenvalue weighted by Gasteiger charge is 2.23. The van der Waals surface area contributed by atoms with E-state index in [0.29, 0.717) is 9.52 Å². The topological polar surface area (TPSA) is 0 Å². The lowest BCUT2D eigenvalue weighted by atomic mass is 9.99. The molecule has 0 fully saturated rings. The summed E-state index contributed by atoms with van der Waals surface area (Å²) < 4.78 is 0. The van der Waals surface area contributed by atoms with E-state index >= 15 is 0 Å². The number of allylic oxidation sites excluding steroid dienone is 4. The van der Waals surface area contributed by atoms with E-state index in [-0.39, 0.29) is 0 Å². The van der Waals surface area contributed by atoms with Crippen molar-refractivity contribution in [2.75, 3.05) is 0 Å². The molecule has 1 aliphatic carbocycles. The average Bonchev–Trinajstić information content (AvgIpc) is 2.50. The normalized spacial score (nSPS) is 17.5. The van der Waals surface area contributed by atoms with Crippen LogP contribution in [0.25, 0.3) is 0 Å². The van der Waals surface area contributed by atoms with Crippen molar-refractivity contribution in [3.05, 3.63) is 22.3 Å².